The van der Waals surface area contributed by atoms with E-state index in [1.807, 2.05) is 12.1 Å². The zero-order chi connectivity index (χ0) is 22.0. The second-order valence-corrected chi connectivity index (χ2v) is 9.76. The fourth-order valence-corrected chi connectivity index (χ4v) is 5.97. The Hall–Kier alpha value is -2.75. The number of nitrogens with two attached hydrogens (primary N) is 1. The molecule has 3 N–H and O–H groups in total. The Kier molecular flexibility index (Phi) is 4.60. The van der Waals surface area contributed by atoms with Crippen LogP contribution in [0.15, 0.2) is 24.3 Å². The lowest BCUT2D eigenvalue weighted by molar-refractivity contribution is 0.380. The molecule has 0 radical (unpaired) electrons. The second kappa shape index (κ2) is 7.40. The van der Waals surface area contributed by atoms with Gasteiger partial charge in [-0.25, -0.2) is 9.37 Å². The molecular formula is C22H20ClFN6OS. The first-order valence-corrected chi connectivity index (χ1v) is 11.6. The number of nitrogens with one attached hydrogen (secondary N) is 1. The summed E-state index contributed by atoms with van der Waals surface area (Å²) in [5.41, 5.74) is 7.54. The van der Waals surface area contributed by atoms with Crippen LogP contribution in [0.3, 0.4) is 0 Å². The number of aromatic nitrogens is 3. The molecule has 0 saturated carbocycles. The average Bonchev–Trinajstić information content (AvgIpc) is 3.33. The van der Waals surface area contributed by atoms with Gasteiger partial charge in [0.1, 0.15) is 11.3 Å². The standard InChI is InChI=1S/C22H20ClFN6OS/c1-31-22-28-19-13(20(29-22)30-8-10-5-11(9-30)26-7-10)6-14(23)16(17(19)24)12-3-2-4-15-18(12)27-21(25)32-15/h2-4,6,10-11,26H,5,7-9H2,1H3,(H2,25,27). The van der Waals surface area contributed by atoms with Crippen LogP contribution in [0.4, 0.5) is 15.3 Å². The average molecular weight is 471 g/mol. The minimum atomic E-state index is -0.522. The predicted molar refractivity (Wildman–Crippen MR) is 126 cm³/mol. The summed E-state index contributed by atoms with van der Waals surface area (Å²) in [6.45, 7) is 2.63. The van der Waals surface area contributed by atoms with E-state index < -0.39 is 5.82 Å². The van der Waals surface area contributed by atoms with Crippen molar-refractivity contribution in [3.63, 3.8) is 0 Å². The molecule has 0 amide bonds. The van der Waals surface area contributed by atoms with E-state index >= 15 is 4.39 Å². The monoisotopic (exact) mass is 470 g/mol. The lowest BCUT2D eigenvalue weighted by atomic mass is 9.98. The fraction of sp³-hybridized carbons (Fsp3) is 0.318. The maximum Gasteiger partial charge on any atom is 0.318 e. The molecule has 2 aromatic heterocycles. The van der Waals surface area contributed by atoms with Crippen molar-refractivity contribution in [3.8, 4) is 17.1 Å². The van der Waals surface area contributed by atoms with Crippen molar-refractivity contribution in [3.05, 3.63) is 35.1 Å². The highest BCUT2D eigenvalue weighted by molar-refractivity contribution is 7.22. The van der Waals surface area contributed by atoms with Gasteiger partial charge in [0.2, 0.25) is 0 Å². The van der Waals surface area contributed by atoms with Crippen LogP contribution in [-0.2, 0) is 0 Å². The number of halogens is 2. The molecule has 10 heteroatoms. The van der Waals surface area contributed by atoms with E-state index in [4.69, 9.17) is 22.1 Å². The Morgan fingerprint density at radius 2 is 2.12 bits per heavy atom. The van der Waals surface area contributed by atoms with Crippen molar-refractivity contribution in [2.45, 2.75) is 12.5 Å². The summed E-state index contributed by atoms with van der Waals surface area (Å²) in [7, 11) is 1.49. The molecule has 2 saturated heterocycles. The normalized spacial score (nSPS) is 20.4. The molecule has 2 aromatic carbocycles. The van der Waals surface area contributed by atoms with Crippen LogP contribution in [-0.4, -0.2) is 47.7 Å². The smallest absolute Gasteiger partial charge is 0.318 e. The minimum Gasteiger partial charge on any atom is -0.467 e. The number of para-hydroxylation sites is 1. The number of hydrogen-bond donors (Lipinski definition) is 2. The summed E-state index contributed by atoms with van der Waals surface area (Å²) in [4.78, 5) is 15.5. The second-order valence-electron chi connectivity index (χ2n) is 8.29. The van der Waals surface area contributed by atoms with Gasteiger partial charge in [-0.1, -0.05) is 35.1 Å². The Balaban J connectivity index is 1.58. The largest absolute Gasteiger partial charge is 0.467 e. The first-order chi connectivity index (χ1) is 15.5. The number of anilines is 2. The molecule has 4 heterocycles. The predicted octanol–water partition coefficient (Wildman–Crippen LogP) is 4.09. The molecule has 32 heavy (non-hydrogen) atoms. The van der Waals surface area contributed by atoms with E-state index in [1.165, 1.54) is 18.4 Å². The molecule has 0 spiro atoms. The number of rotatable bonds is 3. The van der Waals surface area contributed by atoms with Crippen molar-refractivity contribution in [2.24, 2.45) is 5.92 Å². The third-order valence-corrected chi connectivity index (χ3v) is 7.41. The van der Waals surface area contributed by atoms with E-state index in [2.05, 4.69) is 25.2 Å². The fourth-order valence-electron chi connectivity index (χ4n) is 4.91. The van der Waals surface area contributed by atoms with Crippen LogP contribution in [0.5, 0.6) is 6.01 Å². The number of ether oxygens (including phenoxy) is 1. The summed E-state index contributed by atoms with van der Waals surface area (Å²) < 4.78 is 22.3. The van der Waals surface area contributed by atoms with E-state index in [0.717, 1.165) is 30.8 Å². The molecular weight excluding hydrogens is 451 g/mol. The van der Waals surface area contributed by atoms with E-state index in [0.29, 0.717) is 39.4 Å². The Morgan fingerprint density at radius 3 is 2.94 bits per heavy atom. The maximum atomic E-state index is 16.1. The van der Waals surface area contributed by atoms with Gasteiger partial charge in [-0.2, -0.15) is 9.97 Å². The molecule has 2 bridgehead atoms. The Labute approximate surface area is 192 Å². The first kappa shape index (κ1) is 19.9. The lowest BCUT2D eigenvalue weighted by Crippen LogP contribution is -2.41. The Morgan fingerprint density at radius 1 is 1.25 bits per heavy atom. The van der Waals surface area contributed by atoms with Crippen LogP contribution in [0, 0.1) is 11.7 Å². The lowest BCUT2D eigenvalue weighted by Gasteiger charge is -2.32. The number of fused-ring (bicyclic) bond motifs is 4. The van der Waals surface area contributed by atoms with Crippen molar-refractivity contribution in [1.29, 1.82) is 0 Å². The number of piperidine rings is 1. The molecule has 2 atom stereocenters. The molecule has 2 unspecified atom stereocenters. The molecule has 2 aliphatic rings. The van der Waals surface area contributed by atoms with Gasteiger partial charge in [0.05, 0.1) is 22.3 Å². The number of methoxy groups -OCH3 is 1. The number of nitrogens with zero attached hydrogens (tertiary/aromatic N) is 4. The first-order valence-electron chi connectivity index (χ1n) is 10.4. The highest BCUT2D eigenvalue weighted by Crippen LogP contribution is 2.42. The summed E-state index contributed by atoms with van der Waals surface area (Å²) in [6, 6.07) is 7.83. The van der Waals surface area contributed by atoms with E-state index in [9.17, 15) is 0 Å². The summed E-state index contributed by atoms with van der Waals surface area (Å²) >= 11 is 8.04. The highest BCUT2D eigenvalue weighted by Gasteiger charge is 2.34. The van der Waals surface area contributed by atoms with Crippen LogP contribution in [0.1, 0.15) is 6.42 Å². The van der Waals surface area contributed by atoms with Gasteiger partial charge in [-0.05, 0) is 24.5 Å². The minimum absolute atomic E-state index is 0.127. The van der Waals surface area contributed by atoms with Crippen LogP contribution < -0.4 is 20.7 Å². The summed E-state index contributed by atoms with van der Waals surface area (Å²) in [5.74, 6) is 0.664. The van der Waals surface area contributed by atoms with Gasteiger partial charge in [-0.3, -0.25) is 0 Å². The molecule has 164 valence electrons. The van der Waals surface area contributed by atoms with Crippen LogP contribution in [0.2, 0.25) is 5.02 Å². The zero-order valence-electron chi connectivity index (χ0n) is 17.2. The zero-order valence-corrected chi connectivity index (χ0v) is 18.8. The summed E-state index contributed by atoms with van der Waals surface area (Å²) in [5, 5.41) is 4.81. The molecule has 2 aliphatic heterocycles. The van der Waals surface area contributed by atoms with Gasteiger partial charge in [0.15, 0.2) is 10.9 Å². The van der Waals surface area contributed by atoms with Crippen LogP contribution >= 0.6 is 22.9 Å². The molecule has 0 aliphatic carbocycles. The van der Waals surface area contributed by atoms with Gasteiger partial charge in [0, 0.05) is 42.2 Å². The van der Waals surface area contributed by atoms with Gasteiger partial charge < -0.3 is 20.7 Å². The number of benzene rings is 2. The van der Waals surface area contributed by atoms with E-state index in [-0.39, 0.29) is 22.1 Å². The summed E-state index contributed by atoms with van der Waals surface area (Å²) in [6.07, 6.45) is 1.15. The molecule has 2 fully saturated rings. The van der Waals surface area contributed by atoms with E-state index in [1.54, 1.807) is 12.1 Å². The van der Waals surface area contributed by atoms with Gasteiger partial charge in [-0.15, -0.1) is 0 Å². The third-order valence-electron chi connectivity index (χ3n) is 6.26. The quantitative estimate of drug-likeness (QED) is 0.466. The van der Waals surface area contributed by atoms with Gasteiger partial charge in [0.25, 0.3) is 0 Å². The number of nitrogen functional groups attached to an aromatic ring is 1. The van der Waals surface area contributed by atoms with Crippen LogP contribution in [0.25, 0.3) is 32.2 Å². The Bertz CT molecular complexity index is 1370. The van der Waals surface area contributed by atoms with Crippen molar-refractivity contribution >= 4 is 55.0 Å². The molecule has 7 nitrogen and oxygen atoms in total. The maximum absolute atomic E-state index is 16.1. The molecule has 6 rings (SSSR count). The van der Waals surface area contributed by atoms with Crippen molar-refractivity contribution in [1.82, 2.24) is 20.3 Å². The number of hydrogen-bond acceptors (Lipinski definition) is 8. The van der Waals surface area contributed by atoms with Crippen molar-refractivity contribution in [2.75, 3.05) is 37.4 Å². The van der Waals surface area contributed by atoms with Gasteiger partial charge >= 0.3 is 6.01 Å². The molecule has 4 aromatic rings. The SMILES string of the molecule is COc1nc(N2CC3CNC(C3)C2)c2cc(Cl)c(-c3cccc4sc(N)nc34)c(F)c2n1. The third kappa shape index (κ3) is 3.07. The number of thiazole rings is 1. The topological polar surface area (TPSA) is 89.2 Å². The highest BCUT2D eigenvalue weighted by atomic mass is 35.5. The van der Waals surface area contributed by atoms with Crippen molar-refractivity contribution < 1.29 is 9.13 Å².